The summed E-state index contributed by atoms with van der Waals surface area (Å²) in [6, 6.07) is 3.99. The van der Waals surface area contributed by atoms with Crippen molar-refractivity contribution in [2.24, 2.45) is 0 Å². The molecule has 102 valence electrons. The maximum atomic E-state index is 4.98. The second-order valence-electron chi connectivity index (χ2n) is 4.31. The molecule has 6 nitrogen and oxygen atoms in total. The zero-order valence-corrected chi connectivity index (χ0v) is 11.6. The van der Waals surface area contributed by atoms with Crippen LogP contribution in [0.2, 0.25) is 0 Å². The van der Waals surface area contributed by atoms with Gasteiger partial charge in [-0.15, -0.1) is 5.10 Å². The van der Waals surface area contributed by atoms with Crippen LogP contribution in [0.4, 0.5) is 0 Å². The van der Waals surface area contributed by atoms with Crippen molar-refractivity contribution in [2.45, 2.75) is 20.4 Å². The topological polar surface area (TPSA) is 64.9 Å². The van der Waals surface area contributed by atoms with Crippen LogP contribution >= 0.6 is 0 Å². The number of ether oxygens (including phenoxy) is 1. The summed E-state index contributed by atoms with van der Waals surface area (Å²) in [5.74, 6) is 2.39. The summed E-state index contributed by atoms with van der Waals surface area (Å²) < 4.78 is 6.72. The van der Waals surface area contributed by atoms with Gasteiger partial charge in [0.05, 0.1) is 6.61 Å². The van der Waals surface area contributed by atoms with Crippen molar-refractivity contribution in [2.75, 3.05) is 20.3 Å². The Hall–Kier alpha value is -1.79. The average Bonchev–Trinajstić information content (AvgIpc) is 2.75. The number of aromatic nitrogens is 4. The number of nitrogens with zero attached hydrogens (tertiary/aromatic N) is 4. The van der Waals surface area contributed by atoms with Crippen molar-refractivity contribution in [1.82, 2.24) is 25.1 Å². The predicted octanol–water partition coefficient (Wildman–Crippen LogP) is 1.02. The number of hydrogen-bond acceptors (Lipinski definition) is 5. The minimum atomic E-state index is 0.711. The van der Waals surface area contributed by atoms with Crippen LogP contribution in [0.5, 0.6) is 0 Å². The molecule has 0 atom stereocenters. The van der Waals surface area contributed by atoms with Crippen LogP contribution in [-0.4, -0.2) is 40.0 Å². The number of aryl methyl sites for hydroxylation is 2. The van der Waals surface area contributed by atoms with Gasteiger partial charge in [0.1, 0.15) is 11.6 Å². The molecule has 0 unspecified atom stereocenters. The van der Waals surface area contributed by atoms with Crippen LogP contribution in [-0.2, 0) is 11.3 Å². The summed E-state index contributed by atoms with van der Waals surface area (Å²) in [6.07, 6.45) is 1.85. The van der Waals surface area contributed by atoms with Crippen LogP contribution < -0.4 is 5.32 Å². The molecule has 0 saturated heterocycles. The number of methoxy groups -OCH3 is 1. The third kappa shape index (κ3) is 3.59. The highest BCUT2D eigenvalue weighted by molar-refractivity contribution is 5.25. The molecule has 2 heterocycles. The molecular formula is C13H19N5O. The lowest BCUT2D eigenvalue weighted by Crippen LogP contribution is -2.18. The minimum Gasteiger partial charge on any atom is -0.383 e. The number of hydrogen-bond donors (Lipinski definition) is 1. The molecule has 0 aliphatic rings. The Morgan fingerprint density at radius 2 is 2.16 bits per heavy atom. The fourth-order valence-corrected chi connectivity index (χ4v) is 1.79. The first kappa shape index (κ1) is 13.6. The van der Waals surface area contributed by atoms with Gasteiger partial charge in [0.15, 0.2) is 5.82 Å². The van der Waals surface area contributed by atoms with E-state index in [1.54, 1.807) is 11.8 Å². The van der Waals surface area contributed by atoms with Gasteiger partial charge in [0, 0.05) is 26.4 Å². The van der Waals surface area contributed by atoms with E-state index in [0.717, 1.165) is 36.1 Å². The Bertz CT molecular complexity index is 520. The monoisotopic (exact) mass is 261 g/mol. The Morgan fingerprint density at radius 3 is 2.74 bits per heavy atom. The Balaban J connectivity index is 2.00. The standard InChI is InChI=1S/C13H19N5O/c1-10-16-11(2)18(17-10)13-5-4-12(9-15-13)8-14-6-7-19-3/h4-5,9,14H,6-8H2,1-3H3. The third-order valence-corrected chi connectivity index (χ3v) is 2.71. The molecule has 0 aromatic carbocycles. The van der Waals surface area contributed by atoms with E-state index >= 15 is 0 Å². The van der Waals surface area contributed by atoms with Gasteiger partial charge in [0.2, 0.25) is 0 Å². The molecular weight excluding hydrogens is 242 g/mol. The second-order valence-corrected chi connectivity index (χ2v) is 4.31. The van der Waals surface area contributed by atoms with Crippen molar-refractivity contribution in [3.8, 4) is 5.82 Å². The van der Waals surface area contributed by atoms with Crippen molar-refractivity contribution >= 4 is 0 Å². The van der Waals surface area contributed by atoms with E-state index in [-0.39, 0.29) is 0 Å². The first-order chi connectivity index (χ1) is 9.20. The molecule has 0 saturated carbocycles. The fourth-order valence-electron chi connectivity index (χ4n) is 1.79. The summed E-state index contributed by atoms with van der Waals surface area (Å²) >= 11 is 0. The number of rotatable bonds is 6. The van der Waals surface area contributed by atoms with E-state index in [1.807, 2.05) is 32.2 Å². The van der Waals surface area contributed by atoms with Crippen molar-refractivity contribution in [3.63, 3.8) is 0 Å². The zero-order chi connectivity index (χ0) is 13.7. The van der Waals surface area contributed by atoms with E-state index < -0.39 is 0 Å². The van der Waals surface area contributed by atoms with E-state index in [4.69, 9.17) is 4.74 Å². The molecule has 0 aliphatic carbocycles. The highest BCUT2D eigenvalue weighted by Gasteiger charge is 2.05. The highest BCUT2D eigenvalue weighted by atomic mass is 16.5. The van der Waals surface area contributed by atoms with Gasteiger partial charge in [0.25, 0.3) is 0 Å². The van der Waals surface area contributed by atoms with Gasteiger partial charge in [-0.3, -0.25) is 0 Å². The number of pyridine rings is 1. The van der Waals surface area contributed by atoms with Crippen molar-refractivity contribution in [1.29, 1.82) is 0 Å². The smallest absolute Gasteiger partial charge is 0.155 e. The first-order valence-electron chi connectivity index (χ1n) is 6.26. The van der Waals surface area contributed by atoms with Crippen LogP contribution in [0.3, 0.4) is 0 Å². The van der Waals surface area contributed by atoms with E-state index in [0.29, 0.717) is 6.61 Å². The van der Waals surface area contributed by atoms with Crippen LogP contribution in [0.15, 0.2) is 18.3 Å². The lowest BCUT2D eigenvalue weighted by molar-refractivity contribution is 0.199. The molecule has 2 rings (SSSR count). The molecule has 2 aromatic heterocycles. The van der Waals surface area contributed by atoms with E-state index in [2.05, 4.69) is 20.4 Å². The van der Waals surface area contributed by atoms with Gasteiger partial charge in [-0.2, -0.15) is 4.68 Å². The maximum absolute atomic E-state index is 4.98. The van der Waals surface area contributed by atoms with Gasteiger partial charge in [-0.1, -0.05) is 6.07 Å². The van der Waals surface area contributed by atoms with Crippen LogP contribution in [0.1, 0.15) is 17.2 Å². The molecule has 1 N–H and O–H groups in total. The molecule has 0 amide bonds. The van der Waals surface area contributed by atoms with Crippen LogP contribution in [0, 0.1) is 13.8 Å². The summed E-state index contributed by atoms with van der Waals surface area (Å²) in [5.41, 5.74) is 1.13. The minimum absolute atomic E-state index is 0.711. The van der Waals surface area contributed by atoms with E-state index in [9.17, 15) is 0 Å². The third-order valence-electron chi connectivity index (χ3n) is 2.71. The van der Waals surface area contributed by atoms with Gasteiger partial charge < -0.3 is 10.1 Å². The van der Waals surface area contributed by atoms with Gasteiger partial charge >= 0.3 is 0 Å². The van der Waals surface area contributed by atoms with Gasteiger partial charge in [-0.25, -0.2) is 9.97 Å². The molecule has 0 spiro atoms. The number of nitrogens with one attached hydrogen (secondary N) is 1. The summed E-state index contributed by atoms with van der Waals surface area (Å²) in [4.78, 5) is 8.68. The molecule has 0 bridgehead atoms. The van der Waals surface area contributed by atoms with Gasteiger partial charge in [-0.05, 0) is 25.5 Å². The van der Waals surface area contributed by atoms with Crippen LogP contribution in [0.25, 0.3) is 5.82 Å². The lowest BCUT2D eigenvalue weighted by Gasteiger charge is -2.05. The first-order valence-corrected chi connectivity index (χ1v) is 6.26. The van der Waals surface area contributed by atoms with E-state index in [1.165, 1.54) is 0 Å². The highest BCUT2D eigenvalue weighted by Crippen LogP contribution is 2.07. The fraction of sp³-hybridized carbons (Fsp3) is 0.462. The maximum Gasteiger partial charge on any atom is 0.155 e. The lowest BCUT2D eigenvalue weighted by atomic mass is 10.3. The molecule has 0 radical (unpaired) electrons. The average molecular weight is 261 g/mol. The largest absolute Gasteiger partial charge is 0.383 e. The zero-order valence-electron chi connectivity index (χ0n) is 11.6. The molecule has 2 aromatic rings. The molecule has 0 fully saturated rings. The Labute approximate surface area is 112 Å². The second kappa shape index (κ2) is 6.40. The summed E-state index contributed by atoms with van der Waals surface area (Å²) in [6.45, 7) is 6.12. The quantitative estimate of drug-likeness (QED) is 0.786. The Kier molecular flexibility index (Phi) is 4.59. The SMILES string of the molecule is COCCNCc1ccc(-n2nc(C)nc2C)nc1. The predicted molar refractivity (Wildman–Crippen MR) is 72.2 cm³/mol. The Morgan fingerprint density at radius 1 is 1.32 bits per heavy atom. The molecule has 6 heteroatoms. The molecule has 19 heavy (non-hydrogen) atoms. The summed E-state index contributed by atoms with van der Waals surface area (Å²) in [5, 5.41) is 7.59. The van der Waals surface area contributed by atoms with Crippen molar-refractivity contribution < 1.29 is 4.74 Å². The molecule has 0 aliphatic heterocycles. The van der Waals surface area contributed by atoms with Crippen molar-refractivity contribution in [3.05, 3.63) is 35.5 Å². The summed E-state index contributed by atoms with van der Waals surface area (Å²) in [7, 11) is 1.69. The normalized spacial score (nSPS) is 10.9.